The number of nitrogens with zero attached hydrogens (tertiary/aromatic N) is 1. The smallest absolute Gasteiger partial charge is 0.00448 e. The Morgan fingerprint density at radius 3 is 2.37 bits per heavy atom. The van der Waals surface area contributed by atoms with Crippen molar-refractivity contribution in [3.8, 4) is 0 Å². The minimum absolute atomic E-state index is 0.377. The summed E-state index contributed by atoms with van der Waals surface area (Å²) >= 11 is 0. The number of hydrogen-bond donors (Lipinski definition) is 1. The van der Waals surface area contributed by atoms with Crippen molar-refractivity contribution < 1.29 is 0 Å². The van der Waals surface area contributed by atoms with E-state index in [-0.39, 0.29) is 0 Å². The molecular formula is C17H36N2. The van der Waals surface area contributed by atoms with Gasteiger partial charge in [-0.3, -0.25) is 0 Å². The lowest BCUT2D eigenvalue weighted by Gasteiger charge is -2.33. The maximum atomic E-state index is 3.59. The number of rotatable bonds is 6. The molecule has 0 aromatic heterocycles. The first-order valence-corrected chi connectivity index (χ1v) is 8.26. The van der Waals surface area contributed by atoms with Gasteiger partial charge in [-0.15, -0.1) is 0 Å². The zero-order valence-electron chi connectivity index (χ0n) is 14.1. The Labute approximate surface area is 121 Å². The van der Waals surface area contributed by atoms with Crippen LogP contribution in [0.2, 0.25) is 0 Å². The normalized spacial score (nSPS) is 23.1. The highest BCUT2D eigenvalue weighted by molar-refractivity contribution is 4.80. The van der Waals surface area contributed by atoms with E-state index in [1.807, 2.05) is 0 Å². The predicted octanol–water partition coefficient (Wildman–Crippen LogP) is 3.77. The summed E-state index contributed by atoms with van der Waals surface area (Å²) in [4.78, 5) is 2.70. The Morgan fingerprint density at radius 2 is 1.79 bits per heavy atom. The third-order valence-electron chi connectivity index (χ3n) is 4.45. The quantitative estimate of drug-likeness (QED) is 0.789. The second-order valence-electron chi connectivity index (χ2n) is 7.91. The van der Waals surface area contributed by atoms with Crippen molar-refractivity contribution in [2.75, 3.05) is 26.2 Å². The van der Waals surface area contributed by atoms with E-state index in [9.17, 15) is 0 Å². The van der Waals surface area contributed by atoms with Crippen molar-refractivity contribution in [3.63, 3.8) is 0 Å². The molecule has 0 radical (unpaired) electrons. The molecule has 1 unspecified atom stereocenters. The van der Waals surface area contributed by atoms with Crippen LogP contribution in [0, 0.1) is 17.3 Å². The molecule has 0 aromatic rings. The Hall–Kier alpha value is -0.0800. The summed E-state index contributed by atoms with van der Waals surface area (Å²) in [6.07, 6.45) is 4.21. The van der Waals surface area contributed by atoms with Gasteiger partial charge in [0.2, 0.25) is 0 Å². The van der Waals surface area contributed by atoms with E-state index < -0.39 is 0 Å². The summed E-state index contributed by atoms with van der Waals surface area (Å²) in [7, 11) is 0. The van der Waals surface area contributed by atoms with Crippen LogP contribution in [0.15, 0.2) is 0 Å². The molecule has 0 saturated carbocycles. The molecule has 1 N–H and O–H groups in total. The van der Waals surface area contributed by atoms with Gasteiger partial charge in [-0.25, -0.2) is 0 Å². The summed E-state index contributed by atoms with van der Waals surface area (Å²) in [5.41, 5.74) is 0.377. The number of nitrogens with one attached hydrogen (secondary N) is 1. The van der Waals surface area contributed by atoms with E-state index in [0.29, 0.717) is 11.5 Å². The second-order valence-corrected chi connectivity index (χ2v) is 7.91. The molecule has 1 saturated heterocycles. The van der Waals surface area contributed by atoms with Gasteiger partial charge < -0.3 is 10.2 Å². The third-order valence-corrected chi connectivity index (χ3v) is 4.45. The van der Waals surface area contributed by atoms with E-state index in [1.54, 1.807) is 0 Å². The average molecular weight is 268 g/mol. The molecule has 1 atom stereocenters. The van der Waals surface area contributed by atoms with Crippen molar-refractivity contribution in [3.05, 3.63) is 0 Å². The zero-order chi connectivity index (χ0) is 14.5. The highest BCUT2D eigenvalue weighted by atomic mass is 15.1. The molecular weight excluding hydrogens is 232 g/mol. The van der Waals surface area contributed by atoms with Crippen molar-refractivity contribution in [1.29, 1.82) is 0 Å². The summed E-state index contributed by atoms with van der Waals surface area (Å²) in [6.45, 7) is 19.0. The molecule has 0 bridgehead atoms. The Bertz CT molecular complexity index is 246. The standard InChI is InChI=1S/C17H36N2/c1-14(2)16-8-7-10-19(11-9-16)13-17(5,6)12-18-15(3)4/h14-16,18H,7-13H2,1-6H3. The highest BCUT2D eigenvalue weighted by Gasteiger charge is 2.25. The lowest BCUT2D eigenvalue weighted by atomic mass is 9.89. The van der Waals surface area contributed by atoms with Gasteiger partial charge in [-0.2, -0.15) is 0 Å². The fourth-order valence-corrected chi connectivity index (χ4v) is 3.15. The minimum atomic E-state index is 0.377. The van der Waals surface area contributed by atoms with Crippen LogP contribution in [-0.4, -0.2) is 37.1 Å². The van der Waals surface area contributed by atoms with Gasteiger partial charge in [-0.05, 0) is 49.6 Å². The molecule has 2 nitrogen and oxygen atoms in total. The van der Waals surface area contributed by atoms with E-state index in [4.69, 9.17) is 0 Å². The zero-order valence-corrected chi connectivity index (χ0v) is 14.1. The minimum Gasteiger partial charge on any atom is -0.314 e. The topological polar surface area (TPSA) is 15.3 Å². The first kappa shape index (κ1) is 17.0. The van der Waals surface area contributed by atoms with Gasteiger partial charge in [0.15, 0.2) is 0 Å². The number of likely N-dealkylation sites (tertiary alicyclic amines) is 1. The molecule has 0 spiro atoms. The molecule has 2 heteroatoms. The van der Waals surface area contributed by atoms with Crippen LogP contribution >= 0.6 is 0 Å². The molecule has 1 aliphatic heterocycles. The van der Waals surface area contributed by atoms with Crippen LogP contribution in [0.3, 0.4) is 0 Å². The number of hydrogen-bond acceptors (Lipinski definition) is 2. The van der Waals surface area contributed by atoms with Gasteiger partial charge in [-0.1, -0.05) is 41.5 Å². The fraction of sp³-hybridized carbons (Fsp3) is 1.00. The van der Waals surface area contributed by atoms with Gasteiger partial charge in [0.05, 0.1) is 0 Å². The maximum absolute atomic E-state index is 3.59. The van der Waals surface area contributed by atoms with Crippen molar-refractivity contribution in [2.24, 2.45) is 17.3 Å². The molecule has 1 fully saturated rings. The highest BCUT2D eigenvalue weighted by Crippen LogP contribution is 2.26. The van der Waals surface area contributed by atoms with E-state index in [2.05, 4.69) is 51.8 Å². The molecule has 19 heavy (non-hydrogen) atoms. The molecule has 1 heterocycles. The lowest BCUT2D eigenvalue weighted by Crippen LogP contribution is -2.42. The van der Waals surface area contributed by atoms with Crippen molar-refractivity contribution in [1.82, 2.24) is 10.2 Å². The predicted molar refractivity (Wildman–Crippen MR) is 85.5 cm³/mol. The van der Waals surface area contributed by atoms with Crippen LogP contribution in [0.4, 0.5) is 0 Å². The molecule has 1 rings (SSSR count). The van der Waals surface area contributed by atoms with Crippen LogP contribution in [-0.2, 0) is 0 Å². The van der Waals surface area contributed by atoms with Crippen molar-refractivity contribution >= 4 is 0 Å². The monoisotopic (exact) mass is 268 g/mol. The van der Waals surface area contributed by atoms with Crippen LogP contribution in [0.25, 0.3) is 0 Å². The molecule has 0 amide bonds. The van der Waals surface area contributed by atoms with Crippen molar-refractivity contribution in [2.45, 2.75) is 66.8 Å². The Kier molecular flexibility index (Phi) is 6.82. The Balaban J connectivity index is 2.39. The first-order valence-electron chi connectivity index (χ1n) is 8.26. The largest absolute Gasteiger partial charge is 0.314 e. The summed E-state index contributed by atoms with van der Waals surface area (Å²) in [5.74, 6) is 1.80. The van der Waals surface area contributed by atoms with Gasteiger partial charge in [0.25, 0.3) is 0 Å². The summed E-state index contributed by atoms with van der Waals surface area (Å²) in [5, 5.41) is 3.59. The van der Waals surface area contributed by atoms with Gasteiger partial charge in [0, 0.05) is 19.1 Å². The molecule has 0 aromatic carbocycles. The molecule has 1 aliphatic rings. The molecule has 114 valence electrons. The Morgan fingerprint density at radius 1 is 1.11 bits per heavy atom. The van der Waals surface area contributed by atoms with Crippen LogP contribution in [0.1, 0.15) is 60.8 Å². The maximum Gasteiger partial charge on any atom is 0.00448 e. The fourth-order valence-electron chi connectivity index (χ4n) is 3.15. The third kappa shape index (κ3) is 6.76. The van der Waals surface area contributed by atoms with E-state index >= 15 is 0 Å². The SMILES string of the molecule is CC(C)NCC(C)(C)CN1CCCC(C(C)C)CC1. The van der Waals surface area contributed by atoms with Gasteiger partial charge in [0.1, 0.15) is 0 Å². The summed E-state index contributed by atoms with van der Waals surface area (Å²) in [6, 6.07) is 0.591. The van der Waals surface area contributed by atoms with Gasteiger partial charge >= 0.3 is 0 Å². The molecule has 0 aliphatic carbocycles. The first-order chi connectivity index (χ1) is 8.80. The second kappa shape index (κ2) is 7.64. The van der Waals surface area contributed by atoms with Crippen LogP contribution < -0.4 is 5.32 Å². The average Bonchev–Trinajstić information content (AvgIpc) is 2.51. The summed E-state index contributed by atoms with van der Waals surface area (Å²) < 4.78 is 0. The van der Waals surface area contributed by atoms with Crippen LogP contribution in [0.5, 0.6) is 0 Å². The lowest BCUT2D eigenvalue weighted by molar-refractivity contribution is 0.173. The van der Waals surface area contributed by atoms with E-state index in [0.717, 1.165) is 18.4 Å². The van der Waals surface area contributed by atoms with E-state index in [1.165, 1.54) is 38.9 Å².